The molecule has 12 rings (SSSR count). The van der Waals surface area contributed by atoms with E-state index in [1.54, 1.807) is 41.5 Å². The SMILES string of the molecule is CC(N)c1ncn2ccc(Cl)c(F)c12.CC(NC(=O)c1cn(C(C)c2cn3cc(C4CC4)ccc3n2)nn1)c1ncn2ccc(Cl)c(F)c12.CC(c1cn2cc(C3CC3)ccc2n1)n1cc(C(=O)O)nn1. The van der Waals surface area contributed by atoms with E-state index in [0.717, 1.165) is 22.7 Å². The van der Waals surface area contributed by atoms with Gasteiger partial charge in [0.1, 0.15) is 22.3 Å². The molecule has 19 nitrogen and oxygen atoms in total. The predicted octanol–water partition coefficient (Wildman–Crippen LogP) is 8.60. The standard InChI is InChI=1S/C24H22ClFN8O.C15H15N5O2.C9H9ClFN3/c1-13(22-23-21(26)17(25)7-8-32(23)12-27-22)28-24(35)19-11-34(31-30-19)14(2)18-10-33-9-16(15-3-4-15)5-6-20(33)29-18;1-9(20-8-13(15(21)22)17-18-20)12-7-19-6-11(10-2-3-10)4-5-14(19)16-12;1-5(12)8-9-7(11)6(10)2-3-14(9)4-13-8/h5-15H,3-4H2,1-2H3,(H,28,35);4-10H,2-3H2,1H3,(H,21,22);2-5H,12H2,1H3. The van der Waals surface area contributed by atoms with E-state index in [1.165, 1.54) is 76.9 Å². The Balaban J connectivity index is 0.000000137. The van der Waals surface area contributed by atoms with Crippen LogP contribution in [0.4, 0.5) is 8.78 Å². The molecule has 23 heteroatoms. The van der Waals surface area contributed by atoms with Crippen molar-refractivity contribution in [3.05, 3.63) is 166 Å². The second-order valence-corrected chi connectivity index (χ2v) is 18.7. The van der Waals surface area contributed by atoms with Gasteiger partial charge in [-0.05, 0) is 101 Å². The lowest BCUT2D eigenvalue weighted by Crippen LogP contribution is -2.27. The highest BCUT2D eigenvalue weighted by Crippen LogP contribution is 2.41. The van der Waals surface area contributed by atoms with Crippen molar-refractivity contribution >= 4 is 57.4 Å². The molecule has 0 spiro atoms. The van der Waals surface area contributed by atoms with E-state index in [0.29, 0.717) is 28.7 Å². The van der Waals surface area contributed by atoms with Crippen molar-refractivity contribution in [2.24, 2.45) is 5.73 Å². The molecule has 2 aliphatic carbocycles. The van der Waals surface area contributed by atoms with E-state index in [9.17, 15) is 18.4 Å². The third kappa shape index (κ3) is 9.54. The highest BCUT2D eigenvalue weighted by Gasteiger charge is 2.27. The van der Waals surface area contributed by atoms with Gasteiger partial charge in [-0.25, -0.2) is 42.9 Å². The number of halogens is 4. The van der Waals surface area contributed by atoms with Gasteiger partial charge in [-0.2, -0.15) is 0 Å². The number of hydrogen-bond donors (Lipinski definition) is 3. The summed E-state index contributed by atoms with van der Waals surface area (Å²) in [4.78, 5) is 41.3. The monoisotopic (exact) mass is 1000 g/mol. The third-order valence-corrected chi connectivity index (χ3v) is 13.2. The fourth-order valence-corrected chi connectivity index (χ4v) is 8.55. The summed E-state index contributed by atoms with van der Waals surface area (Å²) in [7, 11) is 0. The molecule has 10 aromatic rings. The maximum Gasteiger partial charge on any atom is 0.358 e. The van der Waals surface area contributed by atoms with Crippen LogP contribution in [0.25, 0.3) is 22.3 Å². The number of nitrogens with two attached hydrogens (primary N) is 1. The second kappa shape index (κ2) is 18.9. The minimum atomic E-state index is -1.08. The topological polar surface area (TPSA) is 223 Å². The molecule has 0 bridgehead atoms. The van der Waals surface area contributed by atoms with Crippen molar-refractivity contribution < 1.29 is 23.5 Å². The molecule has 10 aromatic heterocycles. The van der Waals surface area contributed by atoms with E-state index >= 15 is 0 Å². The van der Waals surface area contributed by atoms with Crippen molar-refractivity contribution in [1.29, 1.82) is 0 Å². The van der Waals surface area contributed by atoms with Gasteiger partial charge in [-0.3, -0.25) is 4.79 Å². The molecule has 0 radical (unpaired) electrons. The van der Waals surface area contributed by atoms with Crippen molar-refractivity contribution in [3.8, 4) is 0 Å². The first-order chi connectivity index (χ1) is 34.1. The van der Waals surface area contributed by atoms with Crippen LogP contribution in [0.1, 0.15) is 144 Å². The number of carboxylic acid groups (broad SMARTS) is 1. The molecule has 0 aromatic carbocycles. The summed E-state index contributed by atoms with van der Waals surface area (Å²) >= 11 is 11.6. The van der Waals surface area contributed by atoms with E-state index in [1.807, 2.05) is 47.2 Å². The van der Waals surface area contributed by atoms with Crippen LogP contribution in [0, 0.1) is 11.6 Å². The first-order valence-electron chi connectivity index (χ1n) is 22.8. The number of aromatic nitrogens is 14. The van der Waals surface area contributed by atoms with Crippen molar-refractivity contribution in [1.82, 2.24) is 72.8 Å². The number of aromatic carboxylic acids is 1. The number of carbonyl (C=O) groups is 2. The first kappa shape index (κ1) is 47.1. The molecule has 2 saturated carbocycles. The zero-order valence-electron chi connectivity index (χ0n) is 38.6. The molecule has 0 saturated heterocycles. The third-order valence-electron chi connectivity index (χ3n) is 12.6. The molecule has 1 amide bonds. The zero-order chi connectivity index (χ0) is 49.8. The van der Waals surface area contributed by atoms with Crippen LogP contribution in [-0.4, -0.2) is 84.5 Å². The lowest BCUT2D eigenvalue weighted by Gasteiger charge is -2.12. The van der Waals surface area contributed by atoms with Crippen LogP contribution in [0.2, 0.25) is 10.0 Å². The van der Waals surface area contributed by atoms with Gasteiger partial charge in [-0.15, -0.1) is 10.2 Å². The number of imidazole rings is 4. The lowest BCUT2D eigenvalue weighted by atomic mass is 10.2. The van der Waals surface area contributed by atoms with Gasteiger partial charge in [0.15, 0.2) is 23.0 Å². The van der Waals surface area contributed by atoms with Crippen molar-refractivity contribution in [2.45, 2.75) is 89.4 Å². The van der Waals surface area contributed by atoms with Crippen molar-refractivity contribution in [2.75, 3.05) is 0 Å². The quantitative estimate of drug-likeness (QED) is 0.111. The maximum absolute atomic E-state index is 14.6. The van der Waals surface area contributed by atoms with Gasteiger partial charge in [0.05, 0.1) is 76.0 Å². The van der Waals surface area contributed by atoms with Crippen LogP contribution in [0.3, 0.4) is 0 Å². The molecular weight excluding hydrogens is 958 g/mol. The molecule has 364 valence electrons. The Labute approximate surface area is 412 Å². The largest absolute Gasteiger partial charge is 0.476 e. The van der Waals surface area contributed by atoms with Crippen LogP contribution >= 0.6 is 23.2 Å². The molecule has 0 aliphatic heterocycles. The summed E-state index contributed by atoms with van der Waals surface area (Å²) in [5.74, 6) is -1.22. The number of carboxylic acids is 1. The summed E-state index contributed by atoms with van der Waals surface area (Å²) in [5.41, 5.74) is 13.3. The number of fused-ring (bicyclic) bond motifs is 4. The Kier molecular flexibility index (Phi) is 12.6. The van der Waals surface area contributed by atoms with Gasteiger partial charge in [0, 0.05) is 43.2 Å². The van der Waals surface area contributed by atoms with Gasteiger partial charge in [0.2, 0.25) is 0 Å². The number of hydrogen-bond acceptors (Lipinski definition) is 11. The number of carbonyl (C=O) groups excluding carboxylic acids is 1. The maximum atomic E-state index is 14.6. The molecular formula is C48H46Cl2F2N16O3. The van der Waals surface area contributed by atoms with Crippen molar-refractivity contribution in [3.63, 3.8) is 0 Å². The Morgan fingerprint density at radius 3 is 1.59 bits per heavy atom. The molecule has 4 unspecified atom stereocenters. The molecule has 2 fully saturated rings. The Hall–Kier alpha value is -7.62. The van der Waals surface area contributed by atoms with Crippen LogP contribution in [0.5, 0.6) is 0 Å². The van der Waals surface area contributed by atoms with E-state index in [2.05, 4.69) is 65.4 Å². The normalized spacial score (nSPS) is 15.3. The fourth-order valence-electron chi connectivity index (χ4n) is 8.26. The molecule has 71 heavy (non-hydrogen) atoms. The smallest absolute Gasteiger partial charge is 0.358 e. The Morgan fingerprint density at radius 1 is 0.662 bits per heavy atom. The van der Waals surface area contributed by atoms with Gasteiger partial charge >= 0.3 is 5.97 Å². The Morgan fingerprint density at radius 2 is 1.13 bits per heavy atom. The van der Waals surface area contributed by atoms with Crippen LogP contribution in [0.15, 0.2) is 98.6 Å². The molecule has 2 aliphatic rings. The number of nitrogens with zero attached hydrogens (tertiary/aromatic N) is 14. The molecule has 4 N–H and O–H groups in total. The van der Waals surface area contributed by atoms with Gasteiger partial charge < -0.3 is 33.8 Å². The summed E-state index contributed by atoms with van der Waals surface area (Å²) in [5, 5.41) is 27.5. The lowest BCUT2D eigenvalue weighted by molar-refractivity contribution is 0.0690. The fraction of sp³-hybridized carbons (Fsp3) is 0.292. The van der Waals surface area contributed by atoms with Gasteiger partial charge in [0.25, 0.3) is 5.91 Å². The number of pyridine rings is 4. The second-order valence-electron chi connectivity index (χ2n) is 17.9. The van der Waals surface area contributed by atoms with E-state index < -0.39 is 29.6 Å². The van der Waals surface area contributed by atoms with E-state index in [4.69, 9.17) is 39.0 Å². The Bertz CT molecular complexity index is 3620. The summed E-state index contributed by atoms with van der Waals surface area (Å²) in [6.07, 6.45) is 22.5. The summed E-state index contributed by atoms with van der Waals surface area (Å²) in [6.45, 7) is 7.35. The zero-order valence-corrected chi connectivity index (χ0v) is 40.2. The number of amides is 1. The average Bonchev–Trinajstić information content (AvgIpc) is 3.88. The highest BCUT2D eigenvalue weighted by molar-refractivity contribution is 6.31. The number of rotatable bonds is 11. The minimum absolute atomic E-state index is 0.00887. The number of nitrogens with one attached hydrogen (secondary N) is 1. The summed E-state index contributed by atoms with van der Waals surface area (Å²) < 4.78 is 38.5. The minimum Gasteiger partial charge on any atom is -0.476 e. The first-order valence-corrected chi connectivity index (χ1v) is 23.6. The van der Waals surface area contributed by atoms with Crippen LogP contribution < -0.4 is 11.1 Å². The van der Waals surface area contributed by atoms with E-state index in [-0.39, 0.29) is 45.1 Å². The van der Waals surface area contributed by atoms with Crippen LogP contribution in [-0.2, 0) is 0 Å². The average molecular weight is 1000 g/mol. The summed E-state index contributed by atoms with van der Waals surface area (Å²) in [6, 6.07) is 9.96. The molecule has 10 heterocycles. The highest BCUT2D eigenvalue weighted by atomic mass is 35.5. The predicted molar refractivity (Wildman–Crippen MR) is 258 cm³/mol. The molecule has 4 atom stereocenters. The van der Waals surface area contributed by atoms with Gasteiger partial charge in [-0.1, -0.05) is 45.8 Å².